The number of carbonyl (C=O) groups excluding carboxylic acids is 1. The van der Waals surface area contributed by atoms with E-state index in [1.54, 1.807) is 80.3 Å². The van der Waals surface area contributed by atoms with Crippen molar-refractivity contribution in [2.24, 2.45) is 4.99 Å². The highest BCUT2D eigenvalue weighted by Crippen LogP contribution is 2.32. The zero-order valence-electron chi connectivity index (χ0n) is 17.2. The number of rotatable bonds is 6. The van der Waals surface area contributed by atoms with Crippen molar-refractivity contribution >= 4 is 35.2 Å². The van der Waals surface area contributed by atoms with Crippen LogP contribution in [-0.2, 0) is 5.79 Å². The van der Waals surface area contributed by atoms with Crippen LogP contribution in [-0.4, -0.2) is 24.3 Å². The van der Waals surface area contributed by atoms with Crippen molar-refractivity contribution in [3.63, 3.8) is 0 Å². The van der Waals surface area contributed by atoms with Crippen molar-refractivity contribution in [3.8, 4) is 11.6 Å². The van der Waals surface area contributed by atoms with E-state index in [2.05, 4.69) is 31.2 Å². The molecule has 0 bridgehead atoms. The average Bonchev–Trinajstić information content (AvgIpc) is 2.82. The number of nitrogens with zero attached hydrogens (tertiary/aromatic N) is 2. The van der Waals surface area contributed by atoms with Crippen molar-refractivity contribution in [2.45, 2.75) is 5.79 Å². The molecule has 2 aromatic carbocycles. The highest BCUT2D eigenvalue weighted by molar-refractivity contribution is 6.33. The molecule has 4 rings (SSSR count). The maximum Gasteiger partial charge on any atom is 0.323 e. The maximum absolute atomic E-state index is 12.2. The van der Waals surface area contributed by atoms with Gasteiger partial charge in [0.15, 0.2) is 0 Å². The Hall–Kier alpha value is -3.88. The molecule has 1 unspecified atom stereocenters. The number of hydrogen-bond donors (Lipinski definition) is 4. The van der Waals surface area contributed by atoms with Gasteiger partial charge < -0.3 is 20.7 Å². The molecule has 1 aliphatic rings. The van der Waals surface area contributed by atoms with E-state index in [0.717, 1.165) is 5.56 Å². The summed E-state index contributed by atoms with van der Waals surface area (Å²) in [5.74, 6) is 0.0824. The van der Waals surface area contributed by atoms with Gasteiger partial charge in [0.25, 0.3) is 0 Å². The lowest BCUT2D eigenvalue weighted by Crippen LogP contribution is -2.50. The normalized spacial score (nSPS) is 16.8. The highest BCUT2D eigenvalue weighted by Gasteiger charge is 2.33. The van der Waals surface area contributed by atoms with Gasteiger partial charge in [0.2, 0.25) is 11.7 Å². The van der Waals surface area contributed by atoms with Gasteiger partial charge in [-0.1, -0.05) is 23.7 Å². The largest absolute Gasteiger partial charge is 0.439 e. The number of urea groups is 1. The predicted molar refractivity (Wildman–Crippen MR) is 126 cm³/mol. The van der Waals surface area contributed by atoms with Crippen LogP contribution in [0, 0.1) is 0 Å². The van der Waals surface area contributed by atoms with E-state index in [-0.39, 0.29) is 0 Å². The van der Waals surface area contributed by atoms with E-state index < -0.39 is 11.8 Å². The molecule has 8 nitrogen and oxygen atoms in total. The standard InChI is InChI=1S/C23H21ClN6O2/c1-25-23(27-14-5-15-28-23)18-6-4-13-26-21(18)32-17-11-9-16(10-12-17)29-22(31)30-20-8-3-2-7-19(20)24/h2-15,25,27H,1H3,(H2,29,30,31). The fraction of sp³-hybridized carbons (Fsp3) is 0.0870. The Morgan fingerprint density at radius 1 is 1.06 bits per heavy atom. The molecule has 4 N–H and O–H groups in total. The van der Waals surface area contributed by atoms with Gasteiger partial charge in [0.05, 0.1) is 16.3 Å². The highest BCUT2D eigenvalue weighted by atomic mass is 35.5. The Balaban J connectivity index is 1.46. The molecule has 0 saturated heterocycles. The van der Waals surface area contributed by atoms with E-state index in [1.807, 2.05) is 12.1 Å². The zero-order chi connectivity index (χ0) is 22.4. The monoisotopic (exact) mass is 448 g/mol. The lowest BCUT2D eigenvalue weighted by atomic mass is 10.1. The lowest BCUT2D eigenvalue weighted by Gasteiger charge is -2.32. The Labute approximate surface area is 190 Å². The van der Waals surface area contributed by atoms with Crippen LogP contribution in [0.2, 0.25) is 5.02 Å². The number of aliphatic imine (C=N–C) groups is 1. The molecule has 1 aromatic heterocycles. The molecule has 32 heavy (non-hydrogen) atoms. The van der Waals surface area contributed by atoms with Gasteiger partial charge in [-0.25, -0.2) is 14.8 Å². The molecule has 2 heterocycles. The number of pyridine rings is 1. The van der Waals surface area contributed by atoms with Crippen LogP contribution in [0.5, 0.6) is 11.6 Å². The van der Waals surface area contributed by atoms with Gasteiger partial charge in [-0.05, 0) is 61.7 Å². The number of ether oxygens (including phenoxy) is 1. The number of aromatic nitrogens is 1. The molecule has 162 valence electrons. The third-order valence-corrected chi connectivity index (χ3v) is 5.04. The third kappa shape index (κ3) is 4.72. The van der Waals surface area contributed by atoms with Crippen LogP contribution in [0.25, 0.3) is 0 Å². The zero-order valence-corrected chi connectivity index (χ0v) is 17.9. The second-order valence-corrected chi connectivity index (χ2v) is 7.19. The van der Waals surface area contributed by atoms with E-state index in [1.165, 1.54) is 0 Å². The first kappa shape index (κ1) is 21.4. The molecule has 0 saturated carbocycles. The summed E-state index contributed by atoms with van der Waals surface area (Å²) < 4.78 is 6.03. The molecular weight excluding hydrogens is 428 g/mol. The Morgan fingerprint density at radius 2 is 1.88 bits per heavy atom. The van der Waals surface area contributed by atoms with Crippen molar-refractivity contribution in [3.05, 3.63) is 89.7 Å². The molecule has 0 spiro atoms. The quantitative estimate of drug-likeness (QED) is 0.438. The molecule has 9 heteroatoms. The van der Waals surface area contributed by atoms with E-state index in [4.69, 9.17) is 16.3 Å². The molecule has 0 aliphatic carbocycles. The van der Waals surface area contributed by atoms with Gasteiger partial charge >= 0.3 is 6.03 Å². The maximum atomic E-state index is 12.2. The minimum atomic E-state index is -0.878. The minimum Gasteiger partial charge on any atom is -0.439 e. The van der Waals surface area contributed by atoms with E-state index in [0.29, 0.717) is 28.0 Å². The molecule has 0 fully saturated rings. The fourth-order valence-corrected chi connectivity index (χ4v) is 3.32. The summed E-state index contributed by atoms with van der Waals surface area (Å²) in [5.41, 5.74) is 1.85. The van der Waals surface area contributed by atoms with Crippen molar-refractivity contribution < 1.29 is 9.53 Å². The van der Waals surface area contributed by atoms with Gasteiger partial charge in [-0.3, -0.25) is 5.32 Å². The number of halogens is 1. The van der Waals surface area contributed by atoms with E-state index in [9.17, 15) is 4.79 Å². The smallest absolute Gasteiger partial charge is 0.323 e. The third-order valence-electron chi connectivity index (χ3n) is 4.71. The summed E-state index contributed by atoms with van der Waals surface area (Å²) in [6.45, 7) is 0. The van der Waals surface area contributed by atoms with Crippen molar-refractivity contribution in [1.82, 2.24) is 15.6 Å². The summed E-state index contributed by atoms with van der Waals surface area (Å²) in [7, 11) is 1.80. The topological polar surface area (TPSA) is 99.7 Å². The molecule has 1 atom stereocenters. The molecule has 0 radical (unpaired) electrons. The number of anilines is 2. The minimum absolute atomic E-state index is 0.399. The Morgan fingerprint density at radius 3 is 2.59 bits per heavy atom. The molecule has 3 aromatic rings. The molecule has 1 aliphatic heterocycles. The summed E-state index contributed by atoms with van der Waals surface area (Å²) in [6.07, 6.45) is 6.96. The molecular formula is C23H21ClN6O2. The predicted octanol–water partition coefficient (Wildman–Crippen LogP) is 4.69. The summed E-state index contributed by atoms with van der Waals surface area (Å²) in [6, 6.07) is 17.3. The van der Waals surface area contributed by atoms with Crippen molar-refractivity contribution in [2.75, 3.05) is 17.7 Å². The Kier molecular flexibility index (Phi) is 6.34. The Bertz CT molecular complexity index is 1170. The summed E-state index contributed by atoms with van der Waals surface area (Å²) >= 11 is 6.07. The van der Waals surface area contributed by atoms with Crippen LogP contribution in [0.4, 0.5) is 16.2 Å². The number of allylic oxidation sites excluding steroid dienone is 1. The summed E-state index contributed by atoms with van der Waals surface area (Å²) in [4.78, 5) is 21.1. The van der Waals surface area contributed by atoms with Crippen LogP contribution in [0.3, 0.4) is 0 Å². The second kappa shape index (κ2) is 9.51. The second-order valence-electron chi connectivity index (χ2n) is 6.78. The first-order chi connectivity index (χ1) is 15.6. The first-order valence-electron chi connectivity index (χ1n) is 9.82. The number of nitrogens with one attached hydrogen (secondary N) is 4. The van der Waals surface area contributed by atoms with Crippen LogP contribution in [0.15, 0.2) is 84.1 Å². The SMILES string of the molecule is CNC1(c2cccnc2Oc2ccc(NC(=O)Nc3ccccc3Cl)cc2)N=CC=CN1. The fourth-order valence-electron chi connectivity index (χ4n) is 3.14. The van der Waals surface area contributed by atoms with Gasteiger partial charge in [0, 0.05) is 24.3 Å². The van der Waals surface area contributed by atoms with Gasteiger partial charge in [-0.15, -0.1) is 0 Å². The average molecular weight is 449 g/mol. The van der Waals surface area contributed by atoms with E-state index >= 15 is 0 Å². The number of amides is 2. The molecule has 2 amide bonds. The van der Waals surface area contributed by atoms with Gasteiger partial charge in [-0.2, -0.15) is 0 Å². The summed E-state index contributed by atoms with van der Waals surface area (Å²) in [5, 5.41) is 12.3. The van der Waals surface area contributed by atoms with Crippen LogP contribution < -0.4 is 26.0 Å². The van der Waals surface area contributed by atoms with Crippen LogP contribution >= 0.6 is 11.6 Å². The number of para-hydroxylation sites is 1. The van der Waals surface area contributed by atoms with Crippen molar-refractivity contribution in [1.29, 1.82) is 0 Å². The number of hydrogen-bond acceptors (Lipinski definition) is 6. The lowest BCUT2D eigenvalue weighted by molar-refractivity contribution is 0.262. The number of benzene rings is 2. The van der Waals surface area contributed by atoms with Crippen LogP contribution in [0.1, 0.15) is 5.56 Å². The first-order valence-corrected chi connectivity index (χ1v) is 10.2. The van der Waals surface area contributed by atoms with Gasteiger partial charge in [0.1, 0.15) is 5.75 Å². The number of carbonyl (C=O) groups is 1.